The molecule has 1 aliphatic rings. The Morgan fingerprint density at radius 1 is 1.59 bits per heavy atom. The van der Waals surface area contributed by atoms with Gasteiger partial charge in [0.05, 0.1) is 10.7 Å². The van der Waals surface area contributed by atoms with Crippen LogP contribution in [0.25, 0.3) is 0 Å². The molecule has 1 saturated heterocycles. The molecule has 0 bridgehead atoms. The van der Waals surface area contributed by atoms with Crippen LogP contribution in [-0.2, 0) is 6.54 Å². The molecule has 1 aromatic rings. The second kappa shape index (κ2) is 5.94. The van der Waals surface area contributed by atoms with Gasteiger partial charge in [-0.2, -0.15) is 0 Å². The molecule has 0 spiro atoms. The Morgan fingerprint density at radius 3 is 3.06 bits per heavy atom. The molecule has 1 atom stereocenters. The van der Waals surface area contributed by atoms with Crippen molar-refractivity contribution < 1.29 is 0 Å². The van der Waals surface area contributed by atoms with Crippen molar-refractivity contribution in [3.63, 3.8) is 0 Å². The zero-order valence-electron chi connectivity index (χ0n) is 10.9. The van der Waals surface area contributed by atoms with E-state index in [0.717, 1.165) is 18.1 Å². The molecule has 0 saturated carbocycles. The summed E-state index contributed by atoms with van der Waals surface area (Å²) in [6, 6.07) is 0. The zero-order valence-corrected chi connectivity index (χ0v) is 11.7. The highest BCUT2D eigenvalue weighted by Crippen LogP contribution is 2.23. The van der Waals surface area contributed by atoms with E-state index in [1.807, 2.05) is 0 Å². The number of rotatable bonds is 6. The molecule has 1 aliphatic heterocycles. The third-order valence-corrected chi connectivity index (χ3v) is 4.32. The molecule has 1 aromatic heterocycles. The van der Waals surface area contributed by atoms with Crippen LogP contribution >= 0.6 is 11.3 Å². The van der Waals surface area contributed by atoms with Crippen molar-refractivity contribution in [2.45, 2.75) is 51.6 Å². The molecule has 2 N–H and O–H groups in total. The molecule has 4 heteroatoms. The Bertz CT molecular complexity index is 342. The summed E-state index contributed by atoms with van der Waals surface area (Å²) in [5, 5.41) is 10.6. The Balaban J connectivity index is 1.79. The number of hydrogen-bond donors (Lipinski definition) is 2. The normalized spacial score (nSPS) is 24.4. The number of nitrogens with one attached hydrogen (secondary N) is 2. The van der Waals surface area contributed by atoms with Gasteiger partial charge < -0.3 is 10.6 Å². The van der Waals surface area contributed by atoms with Gasteiger partial charge >= 0.3 is 0 Å². The van der Waals surface area contributed by atoms with E-state index in [1.54, 1.807) is 11.3 Å². The fourth-order valence-corrected chi connectivity index (χ4v) is 3.33. The van der Waals surface area contributed by atoms with E-state index in [0.29, 0.717) is 5.54 Å². The van der Waals surface area contributed by atoms with E-state index >= 15 is 0 Å². The minimum atomic E-state index is 0.347. The summed E-state index contributed by atoms with van der Waals surface area (Å²) in [5.74, 6) is 0. The number of aryl methyl sites for hydroxylation is 1. The summed E-state index contributed by atoms with van der Waals surface area (Å²) in [5.41, 5.74) is 1.52. The maximum Gasteiger partial charge on any atom is 0.0897 e. The lowest BCUT2D eigenvalue weighted by Crippen LogP contribution is -2.48. The molecule has 1 unspecified atom stereocenters. The summed E-state index contributed by atoms with van der Waals surface area (Å²) in [6.07, 6.45) is 5.15. The monoisotopic (exact) mass is 253 g/mol. The van der Waals surface area contributed by atoms with E-state index in [9.17, 15) is 0 Å². The van der Waals surface area contributed by atoms with Gasteiger partial charge in [0.25, 0.3) is 0 Å². The van der Waals surface area contributed by atoms with Gasteiger partial charge in [0, 0.05) is 24.0 Å². The number of thiazole rings is 1. The standard InChI is InChI=1S/C13H23N3S/c1-3-5-13(6-4-7-15-13)10-14-8-12-9-17-11(2)16-12/h9,14-15H,3-8,10H2,1-2H3. The van der Waals surface area contributed by atoms with Crippen LogP contribution < -0.4 is 10.6 Å². The topological polar surface area (TPSA) is 37.0 Å². The van der Waals surface area contributed by atoms with Crippen LogP contribution in [0.15, 0.2) is 5.38 Å². The van der Waals surface area contributed by atoms with Crippen LogP contribution in [0.2, 0.25) is 0 Å². The molecular formula is C13H23N3S. The first-order valence-electron chi connectivity index (χ1n) is 6.61. The molecule has 0 aromatic carbocycles. The van der Waals surface area contributed by atoms with Crippen molar-refractivity contribution in [2.24, 2.45) is 0 Å². The van der Waals surface area contributed by atoms with Crippen molar-refractivity contribution in [3.05, 3.63) is 16.1 Å². The molecule has 0 amide bonds. The van der Waals surface area contributed by atoms with Gasteiger partial charge in [0.1, 0.15) is 0 Å². The molecule has 1 fully saturated rings. The van der Waals surface area contributed by atoms with Crippen LogP contribution in [-0.4, -0.2) is 23.6 Å². The summed E-state index contributed by atoms with van der Waals surface area (Å²) in [6.45, 7) is 7.48. The molecule has 3 nitrogen and oxygen atoms in total. The van der Waals surface area contributed by atoms with Crippen molar-refractivity contribution in [1.82, 2.24) is 15.6 Å². The van der Waals surface area contributed by atoms with Gasteiger partial charge in [0.2, 0.25) is 0 Å². The van der Waals surface area contributed by atoms with Gasteiger partial charge in [-0.3, -0.25) is 0 Å². The molecular weight excluding hydrogens is 230 g/mol. The molecule has 2 rings (SSSR count). The predicted octanol–water partition coefficient (Wildman–Crippen LogP) is 2.46. The number of hydrogen-bond acceptors (Lipinski definition) is 4. The van der Waals surface area contributed by atoms with Crippen LogP contribution in [0.3, 0.4) is 0 Å². The molecule has 0 aliphatic carbocycles. The SMILES string of the molecule is CCCC1(CNCc2csc(C)n2)CCCN1. The first kappa shape index (κ1) is 13.0. The third kappa shape index (κ3) is 3.50. The first-order chi connectivity index (χ1) is 8.24. The number of nitrogens with zero attached hydrogens (tertiary/aromatic N) is 1. The van der Waals surface area contributed by atoms with Crippen molar-refractivity contribution >= 4 is 11.3 Å². The lowest BCUT2D eigenvalue weighted by Gasteiger charge is -2.29. The highest BCUT2D eigenvalue weighted by Gasteiger charge is 2.31. The summed E-state index contributed by atoms with van der Waals surface area (Å²) in [7, 11) is 0. The minimum absolute atomic E-state index is 0.347. The Labute approximate surface area is 108 Å². The fourth-order valence-electron chi connectivity index (χ4n) is 2.72. The quantitative estimate of drug-likeness (QED) is 0.818. The van der Waals surface area contributed by atoms with Gasteiger partial charge in [-0.25, -0.2) is 4.98 Å². The number of aromatic nitrogens is 1. The second-order valence-electron chi connectivity index (χ2n) is 5.02. The van der Waals surface area contributed by atoms with Crippen LogP contribution in [0.5, 0.6) is 0 Å². The summed E-state index contributed by atoms with van der Waals surface area (Å²) in [4.78, 5) is 4.48. The highest BCUT2D eigenvalue weighted by molar-refractivity contribution is 7.09. The van der Waals surface area contributed by atoms with E-state index in [-0.39, 0.29) is 0 Å². The second-order valence-corrected chi connectivity index (χ2v) is 6.08. The third-order valence-electron chi connectivity index (χ3n) is 3.50. The highest BCUT2D eigenvalue weighted by atomic mass is 32.1. The van der Waals surface area contributed by atoms with Crippen LogP contribution in [0.4, 0.5) is 0 Å². The van der Waals surface area contributed by atoms with Crippen molar-refractivity contribution in [2.75, 3.05) is 13.1 Å². The van der Waals surface area contributed by atoms with E-state index in [4.69, 9.17) is 0 Å². The zero-order chi connectivity index (χ0) is 12.1. The van der Waals surface area contributed by atoms with E-state index in [2.05, 4.69) is 34.8 Å². The average molecular weight is 253 g/mol. The fraction of sp³-hybridized carbons (Fsp3) is 0.769. The van der Waals surface area contributed by atoms with Gasteiger partial charge in [-0.05, 0) is 32.7 Å². The van der Waals surface area contributed by atoms with Gasteiger partial charge in [0.15, 0.2) is 0 Å². The van der Waals surface area contributed by atoms with Gasteiger partial charge in [-0.15, -0.1) is 11.3 Å². The summed E-state index contributed by atoms with van der Waals surface area (Å²) >= 11 is 1.73. The molecule has 17 heavy (non-hydrogen) atoms. The van der Waals surface area contributed by atoms with Crippen LogP contribution in [0, 0.1) is 6.92 Å². The molecule has 96 valence electrons. The molecule has 0 radical (unpaired) electrons. The summed E-state index contributed by atoms with van der Waals surface area (Å²) < 4.78 is 0. The maximum atomic E-state index is 4.48. The van der Waals surface area contributed by atoms with Crippen LogP contribution in [0.1, 0.15) is 43.3 Å². The maximum absolute atomic E-state index is 4.48. The van der Waals surface area contributed by atoms with Gasteiger partial charge in [-0.1, -0.05) is 13.3 Å². The molecule has 2 heterocycles. The average Bonchev–Trinajstić information content (AvgIpc) is 2.90. The Morgan fingerprint density at radius 2 is 2.47 bits per heavy atom. The lowest BCUT2D eigenvalue weighted by atomic mass is 9.92. The lowest BCUT2D eigenvalue weighted by molar-refractivity contribution is 0.324. The minimum Gasteiger partial charge on any atom is -0.310 e. The largest absolute Gasteiger partial charge is 0.310 e. The van der Waals surface area contributed by atoms with Crippen molar-refractivity contribution in [1.29, 1.82) is 0 Å². The smallest absolute Gasteiger partial charge is 0.0897 e. The predicted molar refractivity (Wildman–Crippen MR) is 73.4 cm³/mol. The Kier molecular flexibility index (Phi) is 4.54. The van der Waals surface area contributed by atoms with Crippen molar-refractivity contribution in [3.8, 4) is 0 Å². The van der Waals surface area contributed by atoms with E-state index < -0.39 is 0 Å². The van der Waals surface area contributed by atoms with E-state index in [1.165, 1.54) is 37.9 Å². The Hall–Kier alpha value is -0.450. The first-order valence-corrected chi connectivity index (χ1v) is 7.49.